The molecule has 5 nitrogen and oxygen atoms in total. The standard InChI is InChI=1S/C19H17NO4/c21-17(22)11-5-6-12-20-15-9-3-1-7-13(15)18(19(23)24)14-8-2-4-10-16(14)20/h1-4,7-10H,5-6,11-12H2,(H-,21,22,23,24)/p+1. The van der Waals surface area contributed by atoms with E-state index in [1.54, 1.807) is 0 Å². The first-order valence-electron chi connectivity index (χ1n) is 7.88. The molecule has 0 saturated carbocycles. The highest BCUT2D eigenvalue weighted by atomic mass is 16.4. The van der Waals surface area contributed by atoms with E-state index in [2.05, 4.69) is 4.57 Å². The van der Waals surface area contributed by atoms with E-state index in [1.807, 2.05) is 48.5 Å². The van der Waals surface area contributed by atoms with Crippen LogP contribution in [0, 0.1) is 0 Å². The number of aryl methyl sites for hydroxylation is 1. The number of para-hydroxylation sites is 2. The highest BCUT2D eigenvalue weighted by Crippen LogP contribution is 2.25. The highest BCUT2D eigenvalue weighted by molar-refractivity contribution is 6.12. The largest absolute Gasteiger partial charge is 0.481 e. The van der Waals surface area contributed by atoms with Gasteiger partial charge in [0.05, 0.1) is 16.3 Å². The van der Waals surface area contributed by atoms with Crippen molar-refractivity contribution >= 4 is 33.7 Å². The average Bonchev–Trinajstić information content (AvgIpc) is 2.57. The van der Waals surface area contributed by atoms with E-state index in [9.17, 15) is 14.7 Å². The maximum atomic E-state index is 11.8. The third kappa shape index (κ3) is 2.93. The molecule has 0 saturated heterocycles. The number of carboxylic acid groups (broad SMARTS) is 2. The molecule has 1 heterocycles. The Balaban J connectivity index is 2.17. The van der Waals surface area contributed by atoms with Crippen molar-refractivity contribution in [2.24, 2.45) is 0 Å². The first kappa shape index (κ1) is 15.9. The summed E-state index contributed by atoms with van der Waals surface area (Å²) in [6.07, 6.45) is 1.45. The van der Waals surface area contributed by atoms with Crippen LogP contribution in [0.25, 0.3) is 21.8 Å². The molecule has 24 heavy (non-hydrogen) atoms. The van der Waals surface area contributed by atoms with Crippen LogP contribution in [0.1, 0.15) is 29.6 Å². The first-order valence-corrected chi connectivity index (χ1v) is 7.88. The van der Waals surface area contributed by atoms with Crippen LogP contribution < -0.4 is 4.57 Å². The SMILES string of the molecule is O=C(O)CCCC[n+]1c2ccccc2c(C(=O)O)c2ccccc21. The van der Waals surface area contributed by atoms with Gasteiger partial charge in [-0.05, 0) is 18.6 Å². The summed E-state index contributed by atoms with van der Waals surface area (Å²) in [7, 11) is 0. The highest BCUT2D eigenvalue weighted by Gasteiger charge is 2.23. The van der Waals surface area contributed by atoms with Crippen molar-refractivity contribution in [2.45, 2.75) is 25.8 Å². The van der Waals surface area contributed by atoms with E-state index in [1.165, 1.54) is 0 Å². The number of aliphatic carboxylic acids is 1. The Bertz CT molecular complexity index is 876. The Morgan fingerprint density at radius 3 is 1.88 bits per heavy atom. The number of carbonyl (C=O) groups is 2. The van der Waals surface area contributed by atoms with Crippen molar-refractivity contribution in [1.29, 1.82) is 0 Å². The molecule has 1 aromatic heterocycles. The zero-order valence-electron chi connectivity index (χ0n) is 13.1. The van der Waals surface area contributed by atoms with Crippen LogP contribution >= 0.6 is 0 Å². The normalized spacial score (nSPS) is 11.0. The number of hydrogen-bond donors (Lipinski definition) is 2. The molecule has 0 aliphatic rings. The van der Waals surface area contributed by atoms with Gasteiger partial charge in [0.25, 0.3) is 0 Å². The van der Waals surface area contributed by atoms with E-state index in [0.717, 1.165) is 17.5 Å². The minimum atomic E-state index is -0.944. The second-order valence-corrected chi connectivity index (χ2v) is 5.72. The first-order chi connectivity index (χ1) is 11.6. The Kier molecular flexibility index (Phi) is 4.42. The monoisotopic (exact) mass is 324 g/mol. The summed E-state index contributed by atoms with van der Waals surface area (Å²) < 4.78 is 2.08. The molecule has 0 bridgehead atoms. The number of rotatable bonds is 6. The summed E-state index contributed by atoms with van der Waals surface area (Å²) >= 11 is 0. The van der Waals surface area contributed by atoms with Gasteiger partial charge >= 0.3 is 11.9 Å². The molecule has 0 spiro atoms. The van der Waals surface area contributed by atoms with Crippen molar-refractivity contribution in [3.8, 4) is 0 Å². The number of benzene rings is 2. The molecule has 5 heteroatoms. The van der Waals surface area contributed by atoms with Crippen molar-refractivity contribution in [3.63, 3.8) is 0 Å². The van der Waals surface area contributed by atoms with Crippen LogP contribution in [0.15, 0.2) is 48.5 Å². The van der Waals surface area contributed by atoms with Crippen molar-refractivity contribution in [1.82, 2.24) is 0 Å². The Morgan fingerprint density at radius 1 is 0.833 bits per heavy atom. The van der Waals surface area contributed by atoms with Gasteiger partial charge in [-0.2, -0.15) is 4.57 Å². The maximum absolute atomic E-state index is 11.8. The lowest BCUT2D eigenvalue weighted by Crippen LogP contribution is -2.36. The van der Waals surface area contributed by atoms with Gasteiger partial charge in [0, 0.05) is 25.0 Å². The molecule has 3 rings (SSSR count). The zero-order chi connectivity index (χ0) is 17.1. The predicted molar refractivity (Wildman–Crippen MR) is 90.1 cm³/mol. The van der Waals surface area contributed by atoms with Gasteiger partial charge < -0.3 is 10.2 Å². The third-order valence-electron chi connectivity index (χ3n) is 4.16. The molecule has 2 N–H and O–H groups in total. The number of nitrogens with zero attached hydrogens (tertiary/aromatic N) is 1. The second-order valence-electron chi connectivity index (χ2n) is 5.72. The minimum Gasteiger partial charge on any atom is -0.481 e. The van der Waals surface area contributed by atoms with Crippen molar-refractivity contribution < 1.29 is 24.4 Å². The molecule has 0 radical (unpaired) electrons. The fourth-order valence-electron chi connectivity index (χ4n) is 3.13. The van der Waals surface area contributed by atoms with Gasteiger partial charge in [0.15, 0.2) is 0 Å². The van der Waals surface area contributed by atoms with E-state index in [4.69, 9.17) is 5.11 Å². The molecule has 0 aliphatic heterocycles. The van der Waals surface area contributed by atoms with Crippen LogP contribution in [0.5, 0.6) is 0 Å². The summed E-state index contributed by atoms with van der Waals surface area (Å²) in [5, 5.41) is 19.8. The number of aromatic carboxylic acids is 1. The lowest BCUT2D eigenvalue weighted by atomic mass is 10.0. The van der Waals surface area contributed by atoms with Crippen molar-refractivity contribution in [2.75, 3.05) is 0 Å². The molecule has 0 atom stereocenters. The average molecular weight is 324 g/mol. The quantitative estimate of drug-likeness (QED) is 0.414. The number of unbranched alkanes of at least 4 members (excludes halogenated alkanes) is 1. The number of aromatic nitrogens is 1. The third-order valence-corrected chi connectivity index (χ3v) is 4.16. The maximum Gasteiger partial charge on any atom is 0.337 e. The zero-order valence-corrected chi connectivity index (χ0v) is 13.1. The van der Waals surface area contributed by atoms with E-state index in [-0.39, 0.29) is 6.42 Å². The predicted octanol–water partition coefficient (Wildman–Crippen LogP) is 3.23. The lowest BCUT2D eigenvalue weighted by Gasteiger charge is -2.09. The van der Waals surface area contributed by atoms with Crippen molar-refractivity contribution in [3.05, 3.63) is 54.1 Å². The van der Waals surface area contributed by atoms with Crippen LogP contribution in [-0.4, -0.2) is 22.2 Å². The fourth-order valence-corrected chi connectivity index (χ4v) is 3.13. The Morgan fingerprint density at radius 2 is 1.38 bits per heavy atom. The molecule has 2 aromatic carbocycles. The molecular formula is C19H18NO4+. The van der Waals surface area contributed by atoms with Crippen LogP contribution in [0.2, 0.25) is 0 Å². The van der Waals surface area contributed by atoms with Gasteiger partial charge in [0.2, 0.25) is 11.0 Å². The number of hydrogen-bond acceptors (Lipinski definition) is 2. The summed E-state index contributed by atoms with van der Waals surface area (Å²) in [6.45, 7) is 0.647. The number of fused-ring (bicyclic) bond motifs is 2. The van der Waals surface area contributed by atoms with Gasteiger partial charge in [0.1, 0.15) is 6.54 Å². The molecule has 0 unspecified atom stereocenters. The molecule has 0 fully saturated rings. The molecule has 3 aromatic rings. The lowest BCUT2D eigenvalue weighted by molar-refractivity contribution is -0.645. The minimum absolute atomic E-state index is 0.142. The Labute approximate surface area is 138 Å². The summed E-state index contributed by atoms with van der Waals surface area (Å²) in [5.41, 5.74) is 2.01. The second kappa shape index (κ2) is 6.66. The van der Waals surface area contributed by atoms with E-state index in [0.29, 0.717) is 29.3 Å². The number of carboxylic acids is 2. The van der Waals surface area contributed by atoms with Crippen LogP contribution in [-0.2, 0) is 11.3 Å². The fraction of sp³-hybridized carbons (Fsp3) is 0.211. The molecule has 122 valence electrons. The topological polar surface area (TPSA) is 78.5 Å². The van der Waals surface area contributed by atoms with Gasteiger partial charge in [-0.15, -0.1) is 0 Å². The van der Waals surface area contributed by atoms with Gasteiger partial charge in [-0.1, -0.05) is 24.3 Å². The summed E-state index contributed by atoms with van der Waals surface area (Å²) in [6, 6.07) is 14.9. The molecular weight excluding hydrogens is 306 g/mol. The summed E-state index contributed by atoms with van der Waals surface area (Å²) in [4.78, 5) is 22.5. The summed E-state index contributed by atoms with van der Waals surface area (Å²) in [5.74, 6) is -1.74. The van der Waals surface area contributed by atoms with E-state index < -0.39 is 11.9 Å². The Hall–Kier alpha value is -2.95. The van der Waals surface area contributed by atoms with Crippen LogP contribution in [0.3, 0.4) is 0 Å². The molecule has 0 amide bonds. The van der Waals surface area contributed by atoms with Gasteiger partial charge in [-0.3, -0.25) is 4.79 Å². The smallest absolute Gasteiger partial charge is 0.337 e. The van der Waals surface area contributed by atoms with E-state index >= 15 is 0 Å². The van der Waals surface area contributed by atoms with Gasteiger partial charge in [-0.25, -0.2) is 4.79 Å². The van der Waals surface area contributed by atoms with Crippen LogP contribution in [0.4, 0.5) is 0 Å². The molecule has 0 aliphatic carbocycles. The number of pyridine rings is 1.